The molecule has 0 aromatic heterocycles. The molecule has 0 spiro atoms. The Hall–Kier alpha value is -2.29. The van der Waals surface area contributed by atoms with Gasteiger partial charge < -0.3 is 0 Å². The van der Waals surface area contributed by atoms with E-state index in [-0.39, 0.29) is 5.39 Å². The molecule has 0 aliphatic carbocycles. The fourth-order valence-electron chi connectivity index (χ4n) is 2.23. The molecule has 0 aliphatic heterocycles. The van der Waals surface area contributed by atoms with Crippen LogP contribution in [0.5, 0.6) is 0 Å². The molecule has 0 saturated heterocycles. The van der Waals surface area contributed by atoms with Crippen LogP contribution in [0, 0.1) is 24.4 Å². The molecule has 0 aliphatic rings. The Morgan fingerprint density at radius 3 is 2.05 bits per heavy atom. The van der Waals surface area contributed by atoms with Gasteiger partial charge in [0.2, 0.25) is 0 Å². The molecule has 0 amide bonds. The predicted octanol–water partition coefficient (Wildman–Crippen LogP) is 5.23. The van der Waals surface area contributed by atoms with Crippen LogP contribution in [0.25, 0.3) is 21.9 Å². The Kier molecular flexibility index (Phi) is 2.97. The molecule has 0 heterocycles. The second kappa shape index (κ2) is 4.67. The molecule has 0 N–H and O–H groups in total. The van der Waals surface area contributed by atoms with Crippen molar-refractivity contribution in [1.29, 1.82) is 0 Å². The van der Waals surface area contributed by atoms with E-state index in [2.05, 4.69) is 0 Å². The number of fused-ring (bicyclic) bond motifs is 1. The first-order valence-corrected chi connectivity index (χ1v) is 6.20. The van der Waals surface area contributed by atoms with Gasteiger partial charge in [0.1, 0.15) is 0 Å². The van der Waals surface area contributed by atoms with E-state index in [9.17, 15) is 13.2 Å². The largest absolute Gasteiger partial charge is 0.204 e. The van der Waals surface area contributed by atoms with E-state index in [1.165, 1.54) is 6.07 Å². The van der Waals surface area contributed by atoms with E-state index in [0.717, 1.165) is 22.8 Å². The minimum Gasteiger partial charge on any atom is -0.204 e. The minimum absolute atomic E-state index is 0.0831. The number of aryl methyl sites for hydroxylation is 1. The van der Waals surface area contributed by atoms with Gasteiger partial charge >= 0.3 is 0 Å². The van der Waals surface area contributed by atoms with Crippen molar-refractivity contribution in [3.63, 3.8) is 0 Å². The summed E-state index contributed by atoms with van der Waals surface area (Å²) in [4.78, 5) is 0. The smallest absolute Gasteiger partial charge is 0.195 e. The molecule has 0 fully saturated rings. The lowest BCUT2D eigenvalue weighted by atomic mass is 10.00. The Balaban J connectivity index is 2.20. The van der Waals surface area contributed by atoms with Crippen molar-refractivity contribution in [3.8, 4) is 11.1 Å². The SMILES string of the molecule is Cc1ccc(-c2ccc3c(F)c(F)c(F)cc3c2)cc1. The molecular formula is C17H11F3. The average Bonchev–Trinajstić information content (AvgIpc) is 2.45. The lowest BCUT2D eigenvalue weighted by molar-refractivity contribution is 0.453. The third kappa shape index (κ3) is 2.05. The second-order valence-electron chi connectivity index (χ2n) is 4.79. The second-order valence-corrected chi connectivity index (χ2v) is 4.79. The van der Waals surface area contributed by atoms with Crippen molar-refractivity contribution in [2.75, 3.05) is 0 Å². The molecule has 0 saturated carbocycles. The zero-order valence-electron chi connectivity index (χ0n) is 10.8. The van der Waals surface area contributed by atoms with Gasteiger partial charge in [-0.15, -0.1) is 0 Å². The molecule has 0 bridgehead atoms. The van der Waals surface area contributed by atoms with Crippen molar-refractivity contribution >= 4 is 10.8 Å². The fourth-order valence-corrected chi connectivity index (χ4v) is 2.23. The van der Waals surface area contributed by atoms with Crippen molar-refractivity contribution < 1.29 is 13.2 Å². The Labute approximate surface area is 114 Å². The van der Waals surface area contributed by atoms with Gasteiger partial charge in [0.05, 0.1) is 0 Å². The number of benzene rings is 3. The van der Waals surface area contributed by atoms with Crippen molar-refractivity contribution in [1.82, 2.24) is 0 Å². The third-order valence-corrected chi connectivity index (χ3v) is 3.36. The highest BCUT2D eigenvalue weighted by Gasteiger charge is 2.13. The summed E-state index contributed by atoms with van der Waals surface area (Å²) in [5.74, 6) is -3.74. The van der Waals surface area contributed by atoms with Crippen LogP contribution in [0.4, 0.5) is 13.2 Å². The molecule has 20 heavy (non-hydrogen) atoms. The van der Waals surface area contributed by atoms with E-state index >= 15 is 0 Å². The van der Waals surface area contributed by atoms with Crippen LogP contribution in [-0.4, -0.2) is 0 Å². The Bertz CT molecular complexity index is 789. The standard InChI is InChI=1S/C17H11F3/c1-10-2-4-11(5-3-10)12-6-7-14-13(8-12)9-15(18)17(20)16(14)19/h2-9H,1H3. The first-order chi connectivity index (χ1) is 9.56. The molecule has 0 nitrogen and oxygen atoms in total. The molecule has 3 heteroatoms. The maximum atomic E-state index is 13.6. The van der Waals surface area contributed by atoms with Gasteiger partial charge in [0.15, 0.2) is 17.5 Å². The van der Waals surface area contributed by atoms with Crippen LogP contribution >= 0.6 is 0 Å². The maximum absolute atomic E-state index is 13.6. The number of hydrogen-bond donors (Lipinski definition) is 0. The van der Waals surface area contributed by atoms with Crippen LogP contribution in [0.1, 0.15) is 5.56 Å². The van der Waals surface area contributed by atoms with Crippen LogP contribution in [0.2, 0.25) is 0 Å². The molecule has 3 aromatic rings. The fraction of sp³-hybridized carbons (Fsp3) is 0.0588. The highest BCUT2D eigenvalue weighted by atomic mass is 19.2. The van der Waals surface area contributed by atoms with Crippen LogP contribution in [0.15, 0.2) is 48.5 Å². The monoisotopic (exact) mass is 272 g/mol. The van der Waals surface area contributed by atoms with Crippen molar-refractivity contribution in [2.24, 2.45) is 0 Å². The average molecular weight is 272 g/mol. The minimum atomic E-state index is -1.43. The van der Waals surface area contributed by atoms with E-state index in [4.69, 9.17) is 0 Å². The zero-order valence-corrected chi connectivity index (χ0v) is 10.8. The van der Waals surface area contributed by atoms with E-state index in [1.807, 2.05) is 31.2 Å². The number of halogens is 3. The summed E-state index contributed by atoms with van der Waals surface area (Å²) in [7, 11) is 0. The van der Waals surface area contributed by atoms with Crippen molar-refractivity contribution in [3.05, 3.63) is 71.5 Å². The van der Waals surface area contributed by atoms with Gasteiger partial charge in [-0.05, 0) is 35.6 Å². The van der Waals surface area contributed by atoms with Gasteiger partial charge in [0, 0.05) is 5.39 Å². The summed E-state index contributed by atoms with van der Waals surface area (Å²) >= 11 is 0. The third-order valence-electron chi connectivity index (χ3n) is 3.36. The van der Waals surface area contributed by atoms with Crippen LogP contribution < -0.4 is 0 Å². The number of rotatable bonds is 1. The quantitative estimate of drug-likeness (QED) is 0.532. The molecule has 100 valence electrons. The summed E-state index contributed by atoms with van der Waals surface area (Å²) in [5.41, 5.74) is 2.92. The lowest BCUT2D eigenvalue weighted by Gasteiger charge is -2.06. The normalized spacial score (nSPS) is 11.0. The van der Waals surface area contributed by atoms with Gasteiger partial charge in [-0.1, -0.05) is 42.0 Å². The van der Waals surface area contributed by atoms with E-state index in [1.54, 1.807) is 12.1 Å². The summed E-state index contributed by atoms with van der Waals surface area (Å²) in [5, 5.41) is 0.430. The summed E-state index contributed by atoms with van der Waals surface area (Å²) in [6.07, 6.45) is 0. The Morgan fingerprint density at radius 2 is 1.35 bits per heavy atom. The highest BCUT2D eigenvalue weighted by molar-refractivity contribution is 5.88. The van der Waals surface area contributed by atoms with Crippen molar-refractivity contribution in [2.45, 2.75) is 6.92 Å². The van der Waals surface area contributed by atoms with Crippen LogP contribution in [0.3, 0.4) is 0 Å². The highest BCUT2D eigenvalue weighted by Crippen LogP contribution is 2.28. The van der Waals surface area contributed by atoms with Gasteiger partial charge in [0.25, 0.3) is 0 Å². The summed E-state index contributed by atoms with van der Waals surface area (Å²) in [6.45, 7) is 1.98. The van der Waals surface area contributed by atoms with Gasteiger partial charge in [-0.2, -0.15) is 0 Å². The summed E-state index contributed by atoms with van der Waals surface area (Å²) in [6, 6.07) is 13.7. The first kappa shape index (κ1) is 12.7. The van der Waals surface area contributed by atoms with Crippen LogP contribution in [-0.2, 0) is 0 Å². The summed E-state index contributed by atoms with van der Waals surface area (Å²) < 4.78 is 40.1. The van der Waals surface area contributed by atoms with E-state index < -0.39 is 17.5 Å². The molecular weight excluding hydrogens is 261 g/mol. The van der Waals surface area contributed by atoms with Gasteiger partial charge in [-0.25, -0.2) is 13.2 Å². The topological polar surface area (TPSA) is 0 Å². The molecule has 0 atom stereocenters. The predicted molar refractivity (Wildman–Crippen MR) is 74.0 cm³/mol. The zero-order chi connectivity index (χ0) is 14.3. The molecule has 0 unspecified atom stereocenters. The van der Waals surface area contributed by atoms with Gasteiger partial charge in [-0.3, -0.25) is 0 Å². The van der Waals surface area contributed by atoms with E-state index in [0.29, 0.717) is 5.39 Å². The number of hydrogen-bond acceptors (Lipinski definition) is 0. The first-order valence-electron chi connectivity index (χ1n) is 6.20. The molecule has 3 rings (SSSR count). The Morgan fingerprint density at radius 1 is 0.700 bits per heavy atom. The lowest BCUT2D eigenvalue weighted by Crippen LogP contribution is -1.92. The maximum Gasteiger partial charge on any atom is 0.195 e. The molecule has 3 aromatic carbocycles. The molecule has 0 radical (unpaired) electrons.